The average Bonchev–Trinajstić information content (AvgIpc) is 3.28. The van der Waals surface area contributed by atoms with Gasteiger partial charge in [-0.2, -0.15) is 0 Å². The summed E-state index contributed by atoms with van der Waals surface area (Å²) in [5.41, 5.74) is 1.65. The fourth-order valence-electron chi connectivity index (χ4n) is 2.49. The first-order chi connectivity index (χ1) is 13.1. The van der Waals surface area contributed by atoms with E-state index in [2.05, 4.69) is 20.4 Å². The molecule has 0 N–H and O–H groups in total. The van der Waals surface area contributed by atoms with Crippen LogP contribution in [0, 0.1) is 6.92 Å². The highest BCUT2D eigenvalue weighted by molar-refractivity contribution is 7.98. The van der Waals surface area contributed by atoms with Crippen LogP contribution >= 0.6 is 35.0 Å². The molecular formula is C18H13Cl2N5OS. The summed E-state index contributed by atoms with van der Waals surface area (Å²) in [6, 6.07) is 14.8. The number of aryl methyl sites for hydroxylation is 1. The van der Waals surface area contributed by atoms with Gasteiger partial charge >= 0.3 is 0 Å². The van der Waals surface area contributed by atoms with Crippen LogP contribution < -0.4 is 0 Å². The van der Waals surface area contributed by atoms with Crippen LogP contribution in [-0.2, 0) is 5.75 Å². The van der Waals surface area contributed by atoms with Crippen molar-refractivity contribution in [2.45, 2.75) is 17.8 Å². The zero-order valence-corrected chi connectivity index (χ0v) is 16.5. The van der Waals surface area contributed by atoms with Crippen molar-refractivity contribution in [2.75, 3.05) is 0 Å². The summed E-state index contributed by atoms with van der Waals surface area (Å²) in [7, 11) is 0. The molecule has 6 nitrogen and oxygen atoms in total. The van der Waals surface area contributed by atoms with Gasteiger partial charge < -0.3 is 4.42 Å². The molecule has 27 heavy (non-hydrogen) atoms. The molecule has 0 aliphatic carbocycles. The maximum Gasteiger partial charge on any atom is 0.247 e. The highest BCUT2D eigenvalue weighted by atomic mass is 35.5. The number of nitrogens with zero attached hydrogens (tertiary/aromatic N) is 5. The van der Waals surface area contributed by atoms with E-state index in [-0.39, 0.29) is 0 Å². The molecule has 0 fully saturated rings. The van der Waals surface area contributed by atoms with Crippen LogP contribution in [0.3, 0.4) is 0 Å². The van der Waals surface area contributed by atoms with Crippen molar-refractivity contribution in [1.29, 1.82) is 0 Å². The van der Waals surface area contributed by atoms with Gasteiger partial charge in [0, 0.05) is 10.6 Å². The van der Waals surface area contributed by atoms with Gasteiger partial charge in [-0.1, -0.05) is 47.1 Å². The Morgan fingerprint density at radius 2 is 1.74 bits per heavy atom. The normalized spacial score (nSPS) is 11.1. The van der Waals surface area contributed by atoms with Crippen LogP contribution in [0.2, 0.25) is 10.0 Å². The molecule has 0 saturated heterocycles. The summed E-state index contributed by atoms with van der Waals surface area (Å²) in [6.07, 6.45) is 0. The number of hydrogen-bond donors (Lipinski definition) is 0. The van der Waals surface area contributed by atoms with Crippen LogP contribution in [0.4, 0.5) is 0 Å². The topological polar surface area (TPSA) is 69.6 Å². The SMILES string of the molecule is Cc1nnc(SCc2nnc(-c3ccc(Cl)cc3)o2)n1-c1ccccc1Cl. The zero-order chi connectivity index (χ0) is 18.8. The molecule has 136 valence electrons. The minimum absolute atomic E-state index is 0.450. The summed E-state index contributed by atoms with van der Waals surface area (Å²) >= 11 is 13.7. The Labute approximate surface area is 169 Å². The van der Waals surface area contributed by atoms with Gasteiger partial charge in [0.05, 0.1) is 16.5 Å². The molecule has 0 saturated carbocycles. The maximum atomic E-state index is 6.32. The molecule has 4 aromatic rings. The summed E-state index contributed by atoms with van der Waals surface area (Å²) in [5.74, 6) is 2.16. The molecule has 2 aromatic heterocycles. The molecular weight excluding hydrogens is 405 g/mol. The monoisotopic (exact) mass is 417 g/mol. The molecule has 2 aromatic carbocycles. The van der Waals surface area contributed by atoms with Gasteiger partial charge in [0.1, 0.15) is 5.82 Å². The van der Waals surface area contributed by atoms with Crippen LogP contribution in [0.25, 0.3) is 17.1 Å². The van der Waals surface area contributed by atoms with Crippen LogP contribution in [0.15, 0.2) is 58.1 Å². The van der Waals surface area contributed by atoms with Crippen LogP contribution in [0.5, 0.6) is 0 Å². The van der Waals surface area contributed by atoms with E-state index in [0.717, 1.165) is 17.1 Å². The molecule has 0 aliphatic rings. The number of para-hydroxylation sites is 1. The Balaban J connectivity index is 1.54. The molecule has 0 spiro atoms. The number of rotatable bonds is 5. The van der Waals surface area contributed by atoms with E-state index in [1.54, 1.807) is 12.1 Å². The molecule has 0 radical (unpaired) electrons. The Hall–Kier alpha value is -2.35. The Morgan fingerprint density at radius 3 is 2.52 bits per heavy atom. The maximum absolute atomic E-state index is 6.32. The number of halogens is 2. The number of benzene rings is 2. The lowest BCUT2D eigenvalue weighted by Crippen LogP contribution is -2.00. The number of thioether (sulfide) groups is 1. The second-order valence-corrected chi connectivity index (χ2v) is 7.40. The van der Waals surface area contributed by atoms with Gasteiger partial charge in [0.15, 0.2) is 5.16 Å². The summed E-state index contributed by atoms with van der Waals surface area (Å²) in [5, 5.41) is 18.6. The molecule has 0 bridgehead atoms. The van der Waals surface area contributed by atoms with E-state index in [1.165, 1.54) is 11.8 Å². The fourth-order valence-corrected chi connectivity index (χ4v) is 3.67. The van der Waals surface area contributed by atoms with E-state index in [0.29, 0.717) is 32.7 Å². The number of hydrogen-bond acceptors (Lipinski definition) is 6. The molecule has 4 rings (SSSR count). The predicted octanol–water partition coefficient (Wildman–Crippen LogP) is 5.22. The summed E-state index contributed by atoms with van der Waals surface area (Å²) in [4.78, 5) is 0. The van der Waals surface area contributed by atoms with Crippen molar-refractivity contribution in [3.05, 3.63) is 70.3 Å². The van der Waals surface area contributed by atoms with Gasteiger partial charge in [-0.3, -0.25) is 4.57 Å². The van der Waals surface area contributed by atoms with Gasteiger partial charge in [-0.05, 0) is 43.3 Å². The van der Waals surface area contributed by atoms with Crippen molar-refractivity contribution in [3.8, 4) is 17.1 Å². The largest absolute Gasteiger partial charge is 0.420 e. The van der Waals surface area contributed by atoms with Gasteiger partial charge in [-0.15, -0.1) is 20.4 Å². The van der Waals surface area contributed by atoms with Gasteiger partial charge in [-0.25, -0.2) is 0 Å². The van der Waals surface area contributed by atoms with Crippen molar-refractivity contribution >= 4 is 35.0 Å². The lowest BCUT2D eigenvalue weighted by atomic mass is 10.2. The van der Waals surface area contributed by atoms with E-state index >= 15 is 0 Å². The molecule has 2 heterocycles. The standard InChI is InChI=1S/C18H13Cl2N5OS/c1-11-21-24-18(25(11)15-5-3-2-4-14(15)20)27-10-16-22-23-17(26-16)12-6-8-13(19)9-7-12/h2-9H,10H2,1H3. The molecule has 0 amide bonds. The van der Waals surface area contributed by atoms with E-state index in [9.17, 15) is 0 Å². The predicted molar refractivity (Wildman–Crippen MR) is 105 cm³/mol. The smallest absolute Gasteiger partial charge is 0.247 e. The van der Waals surface area contributed by atoms with Crippen molar-refractivity contribution in [1.82, 2.24) is 25.0 Å². The Kier molecular flexibility index (Phi) is 5.15. The molecule has 0 atom stereocenters. The third-order valence-corrected chi connectivity index (χ3v) is 5.26. The first kappa shape index (κ1) is 18.0. The minimum Gasteiger partial charge on any atom is -0.420 e. The highest BCUT2D eigenvalue weighted by Gasteiger charge is 2.16. The first-order valence-electron chi connectivity index (χ1n) is 8.00. The second-order valence-electron chi connectivity index (χ2n) is 5.61. The van der Waals surface area contributed by atoms with E-state index in [4.69, 9.17) is 27.6 Å². The lowest BCUT2D eigenvalue weighted by molar-refractivity contribution is 0.528. The van der Waals surface area contributed by atoms with Gasteiger partial charge in [0.25, 0.3) is 0 Å². The average molecular weight is 418 g/mol. The third-order valence-electron chi connectivity index (χ3n) is 3.77. The van der Waals surface area contributed by atoms with Crippen LogP contribution in [0.1, 0.15) is 11.7 Å². The molecule has 0 aliphatic heterocycles. The second kappa shape index (κ2) is 7.72. The Morgan fingerprint density at radius 1 is 0.963 bits per heavy atom. The van der Waals surface area contributed by atoms with E-state index in [1.807, 2.05) is 47.9 Å². The quantitative estimate of drug-likeness (QED) is 0.414. The Bertz CT molecular complexity index is 1080. The first-order valence-corrected chi connectivity index (χ1v) is 9.74. The lowest BCUT2D eigenvalue weighted by Gasteiger charge is -2.09. The third kappa shape index (κ3) is 3.85. The fraction of sp³-hybridized carbons (Fsp3) is 0.111. The minimum atomic E-state index is 0.450. The van der Waals surface area contributed by atoms with Gasteiger partial charge in [0.2, 0.25) is 11.8 Å². The van der Waals surface area contributed by atoms with E-state index < -0.39 is 0 Å². The molecule has 0 unspecified atom stereocenters. The summed E-state index contributed by atoms with van der Waals surface area (Å²) in [6.45, 7) is 1.88. The van der Waals surface area contributed by atoms with Crippen molar-refractivity contribution in [2.24, 2.45) is 0 Å². The summed E-state index contributed by atoms with van der Waals surface area (Å²) < 4.78 is 7.64. The molecule has 9 heteroatoms. The number of aromatic nitrogens is 5. The van der Waals surface area contributed by atoms with Crippen molar-refractivity contribution in [3.63, 3.8) is 0 Å². The van der Waals surface area contributed by atoms with Crippen molar-refractivity contribution < 1.29 is 4.42 Å². The van der Waals surface area contributed by atoms with Crippen LogP contribution in [-0.4, -0.2) is 25.0 Å². The zero-order valence-electron chi connectivity index (χ0n) is 14.1. The highest BCUT2D eigenvalue weighted by Crippen LogP contribution is 2.29.